The summed E-state index contributed by atoms with van der Waals surface area (Å²) in [6.45, 7) is 0.218. The molecule has 0 spiro atoms. The van der Waals surface area contributed by atoms with Crippen LogP contribution in [0.25, 0.3) is 22.3 Å². The van der Waals surface area contributed by atoms with Crippen LogP contribution in [0.2, 0.25) is 0 Å². The first kappa shape index (κ1) is 14.0. The molecule has 0 fully saturated rings. The third kappa shape index (κ3) is 2.61. The van der Waals surface area contributed by atoms with E-state index >= 15 is 0 Å². The van der Waals surface area contributed by atoms with Gasteiger partial charge in [-0.2, -0.15) is 0 Å². The van der Waals surface area contributed by atoms with Gasteiger partial charge in [0.25, 0.3) is 5.56 Å². The lowest BCUT2D eigenvalue weighted by molar-refractivity contribution is -0.118. The average molecular weight is 293 g/mol. The van der Waals surface area contributed by atoms with Crippen molar-refractivity contribution in [3.8, 4) is 11.4 Å². The lowest BCUT2D eigenvalue weighted by atomic mass is 10.1. The SMILES string of the molecule is NC(=O)CCn1c(-c2ccccc2)nc2ccccc2c1=O. The number of para-hydroxylation sites is 1. The van der Waals surface area contributed by atoms with Gasteiger partial charge >= 0.3 is 0 Å². The number of amides is 1. The zero-order valence-corrected chi connectivity index (χ0v) is 11.9. The van der Waals surface area contributed by atoms with Crippen LogP contribution in [0.5, 0.6) is 0 Å². The first-order valence-corrected chi connectivity index (χ1v) is 7.00. The predicted molar refractivity (Wildman–Crippen MR) is 85.3 cm³/mol. The van der Waals surface area contributed by atoms with E-state index in [2.05, 4.69) is 4.98 Å². The van der Waals surface area contributed by atoms with E-state index in [4.69, 9.17) is 5.73 Å². The highest BCUT2D eigenvalue weighted by atomic mass is 16.1. The molecule has 0 saturated carbocycles. The van der Waals surface area contributed by atoms with Gasteiger partial charge in [-0.3, -0.25) is 14.2 Å². The van der Waals surface area contributed by atoms with Crippen molar-refractivity contribution >= 4 is 16.8 Å². The second-order valence-electron chi connectivity index (χ2n) is 4.99. The van der Waals surface area contributed by atoms with Gasteiger partial charge in [0.2, 0.25) is 5.91 Å². The third-order valence-corrected chi connectivity index (χ3v) is 3.48. The van der Waals surface area contributed by atoms with Crippen molar-refractivity contribution in [2.24, 2.45) is 5.73 Å². The maximum Gasteiger partial charge on any atom is 0.261 e. The minimum absolute atomic E-state index is 0.0970. The quantitative estimate of drug-likeness (QED) is 0.798. The van der Waals surface area contributed by atoms with Gasteiger partial charge in [0, 0.05) is 18.5 Å². The Hall–Kier alpha value is -2.95. The Balaban J connectivity index is 2.26. The molecule has 0 bridgehead atoms. The van der Waals surface area contributed by atoms with E-state index in [-0.39, 0.29) is 18.5 Å². The molecule has 2 N–H and O–H groups in total. The fourth-order valence-electron chi connectivity index (χ4n) is 2.41. The van der Waals surface area contributed by atoms with Gasteiger partial charge in [-0.15, -0.1) is 0 Å². The number of carbonyl (C=O) groups is 1. The monoisotopic (exact) mass is 293 g/mol. The van der Waals surface area contributed by atoms with Crippen LogP contribution in [-0.2, 0) is 11.3 Å². The Labute approximate surface area is 127 Å². The van der Waals surface area contributed by atoms with E-state index < -0.39 is 5.91 Å². The van der Waals surface area contributed by atoms with E-state index in [0.717, 1.165) is 5.56 Å². The Morgan fingerprint density at radius 1 is 1.05 bits per heavy atom. The van der Waals surface area contributed by atoms with Gasteiger partial charge in [-0.25, -0.2) is 4.98 Å². The number of hydrogen-bond donors (Lipinski definition) is 1. The number of nitrogens with two attached hydrogens (primary N) is 1. The maximum absolute atomic E-state index is 12.7. The normalized spacial score (nSPS) is 10.7. The Kier molecular flexibility index (Phi) is 3.70. The molecule has 5 heteroatoms. The van der Waals surface area contributed by atoms with Crippen LogP contribution in [0.4, 0.5) is 0 Å². The second kappa shape index (κ2) is 5.81. The Morgan fingerprint density at radius 3 is 2.45 bits per heavy atom. The summed E-state index contributed by atoms with van der Waals surface area (Å²) in [7, 11) is 0. The van der Waals surface area contributed by atoms with Crippen molar-refractivity contribution < 1.29 is 4.79 Å². The predicted octanol–water partition coefficient (Wildman–Crippen LogP) is 1.94. The van der Waals surface area contributed by atoms with Gasteiger partial charge in [-0.1, -0.05) is 42.5 Å². The maximum atomic E-state index is 12.7. The number of benzene rings is 2. The van der Waals surface area contributed by atoms with Crippen molar-refractivity contribution in [3.05, 3.63) is 65.0 Å². The van der Waals surface area contributed by atoms with Crippen LogP contribution in [0.1, 0.15) is 6.42 Å². The van der Waals surface area contributed by atoms with Crippen molar-refractivity contribution in [1.82, 2.24) is 9.55 Å². The molecule has 22 heavy (non-hydrogen) atoms. The average Bonchev–Trinajstić information content (AvgIpc) is 2.54. The molecule has 110 valence electrons. The lowest BCUT2D eigenvalue weighted by Gasteiger charge is -2.13. The standard InChI is InChI=1S/C17H15N3O2/c18-15(21)10-11-20-16(12-6-2-1-3-7-12)19-14-9-5-4-8-13(14)17(20)22/h1-9H,10-11H2,(H2,18,21). The molecule has 0 unspecified atom stereocenters. The Morgan fingerprint density at radius 2 is 1.73 bits per heavy atom. The van der Waals surface area contributed by atoms with E-state index in [0.29, 0.717) is 16.7 Å². The topological polar surface area (TPSA) is 78.0 Å². The number of aromatic nitrogens is 2. The molecular formula is C17H15N3O2. The highest BCUT2D eigenvalue weighted by Gasteiger charge is 2.12. The molecule has 0 aliphatic heterocycles. The highest BCUT2D eigenvalue weighted by molar-refractivity contribution is 5.80. The molecule has 0 aliphatic rings. The van der Waals surface area contributed by atoms with Gasteiger partial charge < -0.3 is 5.73 Å². The van der Waals surface area contributed by atoms with Crippen LogP contribution < -0.4 is 11.3 Å². The number of fused-ring (bicyclic) bond motifs is 1. The minimum Gasteiger partial charge on any atom is -0.370 e. The van der Waals surface area contributed by atoms with E-state index in [1.54, 1.807) is 12.1 Å². The van der Waals surface area contributed by atoms with Gasteiger partial charge in [-0.05, 0) is 12.1 Å². The molecule has 3 aromatic rings. The van der Waals surface area contributed by atoms with Gasteiger partial charge in [0.15, 0.2) is 0 Å². The smallest absolute Gasteiger partial charge is 0.261 e. The van der Waals surface area contributed by atoms with Crippen LogP contribution in [0.3, 0.4) is 0 Å². The molecule has 0 aliphatic carbocycles. The summed E-state index contributed by atoms with van der Waals surface area (Å²) in [5, 5.41) is 0.534. The molecule has 3 rings (SSSR count). The molecule has 5 nitrogen and oxygen atoms in total. The molecule has 0 radical (unpaired) electrons. The number of rotatable bonds is 4. The second-order valence-corrected chi connectivity index (χ2v) is 4.99. The van der Waals surface area contributed by atoms with Crippen molar-refractivity contribution in [2.45, 2.75) is 13.0 Å². The van der Waals surface area contributed by atoms with Crippen LogP contribution in [0, 0.1) is 0 Å². The van der Waals surface area contributed by atoms with Crippen molar-refractivity contribution in [2.75, 3.05) is 0 Å². The Bertz CT molecular complexity index is 885. The summed E-state index contributed by atoms with van der Waals surface area (Å²) in [6, 6.07) is 16.6. The largest absolute Gasteiger partial charge is 0.370 e. The summed E-state index contributed by atoms with van der Waals surface area (Å²) in [5.74, 6) is 0.102. The number of carbonyl (C=O) groups excluding carboxylic acids is 1. The van der Waals surface area contributed by atoms with E-state index in [1.807, 2.05) is 42.5 Å². The van der Waals surface area contributed by atoms with Gasteiger partial charge in [0.1, 0.15) is 5.82 Å². The fraction of sp³-hybridized carbons (Fsp3) is 0.118. The van der Waals surface area contributed by atoms with E-state index in [9.17, 15) is 9.59 Å². The molecule has 1 heterocycles. The summed E-state index contributed by atoms with van der Waals surface area (Å²) in [4.78, 5) is 28.4. The molecule has 1 aromatic heterocycles. The van der Waals surface area contributed by atoms with Crippen molar-refractivity contribution in [1.29, 1.82) is 0 Å². The molecule has 1 amide bonds. The van der Waals surface area contributed by atoms with Crippen molar-refractivity contribution in [3.63, 3.8) is 0 Å². The zero-order valence-electron chi connectivity index (χ0n) is 11.9. The fourth-order valence-corrected chi connectivity index (χ4v) is 2.41. The zero-order chi connectivity index (χ0) is 15.5. The first-order valence-electron chi connectivity index (χ1n) is 7.00. The molecule has 2 aromatic carbocycles. The van der Waals surface area contributed by atoms with Gasteiger partial charge in [0.05, 0.1) is 10.9 Å². The molecule has 0 saturated heterocycles. The highest BCUT2D eigenvalue weighted by Crippen LogP contribution is 2.18. The number of primary amides is 1. The summed E-state index contributed by atoms with van der Waals surface area (Å²) in [6.07, 6.45) is 0.0970. The van der Waals surface area contributed by atoms with Crippen LogP contribution in [0.15, 0.2) is 59.4 Å². The summed E-state index contributed by atoms with van der Waals surface area (Å²) in [5.41, 5.74) is 6.52. The third-order valence-electron chi connectivity index (χ3n) is 3.48. The first-order chi connectivity index (χ1) is 10.7. The number of hydrogen-bond acceptors (Lipinski definition) is 3. The molecule has 0 atom stereocenters. The molecular weight excluding hydrogens is 278 g/mol. The minimum atomic E-state index is -0.445. The van der Waals surface area contributed by atoms with E-state index in [1.165, 1.54) is 4.57 Å². The lowest BCUT2D eigenvalue weighted by Crippen LogP contribution is -2.26. The summed E-state index contributed by atoms with van der Waals surface area (Å²) < 4.78 is 1.52. The number of nitrogens with zero attached hydrogens (tertiary/aromatic N) is 2. The van der Waals surface area contributed by atoms with Crippen LogP contribution in [-0.4, -0.2) is 15.5 Å². The van der Waals surface area contributed by atoms with Crippen LogP contribution >= 0.6 is 0 Å². The summed E-state index contributed by atoms with van der Waals surface area (Å²) >= 11 is 0.